The number of rotatable bonds is 4. The molecule has 3 heterocycles. The Morgan fingerprint density at radius 2 is 1.84 bits per heavy atom. The van der Waals surface area contributed by atoms with E-state index in [2.05, 4.69) is 16.2 Å². The van der Waals surface area contributed by atoms with Crippen LogP contribution in [-0.2, 0) is 16.1 Å². The monoisotopic (exact) mass is 358 g/mol. The van der Waals surface area contributed by atoms with Crippen molar-refractivity contribution in [3.8, 4) is 5.69 Å². The van der Waals surface area contributed by atoms with Crippen molar-refractivity contribution in [1.82, 2.24) is 20.7 Å². The van der Waals surface area contributed by atoms with E-state index in [0.29, 0.717) is 16.3 Å². The average molecular weight is 358 g/mol. The van der Waals surface area contributed by atoms with Gasteiger partial charge in [0.25, 0.3) is 5.91 Å². The van der Waals surface area contributed by atoms with Crippen LogP contribution in [0.25, 0.3) is 5.69 Å². The molecule has 0 saturated heterocycles. The van der Waals surface area contributed by atoms with Gasteiger partial charge in [0.15, 0.2) is 0 Å². The highest BCUT2D eigenvalue weighted by atomic mass is 32.1. The molecule has 0 atom stereocenters. The van der Waals surface area contributed by atoms with Crippen LogP contribution in [0.3, 0.4) is 0 Å². The molecular weight excluding hydrogens is 344 g/mol. The highest BCUT2D eigenvalue weighted by Gasteiger charge is 2.18. The number of aromatic nitrogens is 1. The number of furan rings is 1. The first kappa shape index (κ1) is 16.5. The van der Waals surface area contributed by atoms with Gasteiger partial charge in [0, 0.05) is 12.4 Å². The molecule has 0 bridgehead atoms. The molecule has 3 aromatic rings. The second-order valence-electron chi connectivity index (χ2n) is 4.90. The molecule has 128 valence electrons. The Morgan fingerprint density at radius 1 is 1.04 bits per heavy atom. The quantitative estimate of drug-likeness (QED) is 0.481. The lowest BCUT2D eigenvalue weighted by atomic mass is 10.3. The smallest absolute Gasteiger partial charge is 0.327 e. The van der Waals surface area contributed by atoms with E-state index >= 15 is 0 Å². The standard InChI is InChI=1S/C16H14N4O4S/c21-14(13-12(5-9-25-13)20-6-1-2-7-20)18-19-16(23)15(22)17-10-11-4-3-8-24-11/h1-9H,10H2,(H,17,22)(H,18,21)(H,19,23). The minimum absolute atomic E-state index is 0.0793. The van der Waals surface area contributed by atoms with Crippen LogP contribution in [-0.4, -0.2) is 22.3 Å². The topological polar surface area (TPSA) is 105 Å². The summed E-state index contributed by atoms with van der Waals surface area (Å²) >= 11 is 1.23. The highest BCUT2D eigenvalue weighted by molar-refractivity contribution is 7.12. The van der Waals surface area contributed by atoms with Crippen LogP contribution in [0.15, 0.2) is 58.8 Å². The number of amides is 3. The van der Waals surface area contributed by atoms with Crippen molar-refractivity contribution < 1.29 is 18.8 Å². The highest BCUT2D eigenvalue weighted by Crippen LogP contribution is 2.20. The lowest BCUT2D eigenvalue weighted by molar-refractivity contribution is -0.139. The number of carbonyl (C=O) groups is 3. The van der Waals surface area contributed by atoms with Crippen LogP contribution < -0.4 is 16.2 Å². The number of nitrogens with one attached hydrogen (secondary N) is 3. The molecule has 0 aliphatic rings. The summed E-state index contributed by atoms with van der Waals surface area (Å²) in [6.45, 7) is 0.0793. The summed E-state index contributed by atoms with van der Waals surface area (Å²) in [5.41, 5.74) is 5.01. The molecule has 3 rings (SSSR count). The first-order valence-electron chi connectivity index (χ1n) is 7.27. The Labute approximate surface area is 146 Å². The SMILES string of the molecule is O=C(NCc1ccco1)C(=O)NNC(=O)c1sccc1-n1cccc1. The van der Waals surface area contributed by atoms with Crippen LogP contribution >= 0.6 is 11.3 Å². The van der Waals surface area contributed by atoms with Crippen molar-refractivity contribution in [2.75, 3.05) is 0 Å². The maximum Gasteiger partial charge on any atom is 0.327 e. The normalized spacial score (nSPS) is 10.2. The Balaban J connectivity index is 1.53. The van der Waals surface area contributed by atoms with Crippen LogP contribution in [0.4, 0.5) is 0 Å². The molecule has 0 aromatic carbocycles. The Bertz CT molecular complexity index is 868. The largest absolute Gasteiger partial charge is 0.467 e. The Hall–Kier alpha value is -3.33. The first-order chi connectivity index (χ1) is 12.1. The van der Waals surface area contributed by atoms with Gasteiger partial charge in [0.05, 0.1) is 18.5 Å². The third-order valence-corrected chi connectivity index (χ3v) is 4.13. The molecule has 8 nitrogen and oxygen atoms in total. The summed E-state index contributed by atoms with van der Waals surface area (Å²) in [7, 11) is 0. The fourth-order valence-corrected chi connectivity index (χ4v) is 2.84. The summed E-state index contributed by atoms with van der Waals surface area (Å²) in [6.07, 6.45) is 5.07. The van der Waals surface area contributed by atoms with Crippen molar-refractivity contribution >= 4 is 29.1 Å². The number of hydrogen-bond acceptors (Lipinski definition) is 5. The number of hydrazine groups is 1. The molecule has 0 fully saturated rings. The lowest BCUT2D eigenvalue weighted by Crippen LogP contribution is -2.48. The first-order valence-corrected chi connectivity index (χ1v) is 8.15. The summed E-state index contributed by atoms with van der Waals surface area (Å²) in [4.78, 5) is 36.0. The molecule has 3 N–H and O–H groups in total. The van der Waals surface area contributed by atoms with Gasteiger partial charge in [-0.25, -0.2) is 0 Å². The van der Waals surface area contributed by atoms with E-state index in [4.69, 9.17) is 4.42 Å². The predicted molar refractivity (Wildman–Crippen MR) is 89.8 cm³/mol. The molecule has 0 spiro atoms. The van der Waals surface area contributed by atoms with Gasteiger partial charge >= 0.3 is 11.8 Å². The zero-order chi connectivity index (χ0) is 17.6. The Kier molecular flexibility index (Phi) is 4.95. The third kappa shape index (κ3) is 3.96. The van der Waals surface area contributed by atoms with Crippen molar-refractivity contribution in [3.05, 3.63) is 65.0 Å². The van der Waals surface area contributed by atoms with Crippen molar-refractivity contribution in [3.63, 3.8) is 0 Å². The predicted octanol–water partition coefficient (Wildman–Crippen LogP) is 1.21. The maximum atomic E-state index is 12.2. The molecule has 0 unspecified atom stereocenters. The van der Waals surface area contributed by atoms with Gasteiger partial charge in [-0.05, 0) is 35.7 Å². The zero-order valence-corrected chi connectivity index (χ0v) is 13.7. The van der Waals surface area contributed by atoms with E-state index in [0.717, 1.165) is 0 Å². The van der Waals surface area contributed by atoms with Crippen molar-refractivity contribution in [2.24, 2.45) is 0 Å². The zero-order valence-electron chi connectivity index (χ0n) is 12.9. The van der Waals surface area contributed by atoms with E-state index in [1.54, 1.807) is 40.5 Å². The van der Waals surface area contributed by atoms with E-state index in [9.17, 15) is 14.4 Å². The van der Waals surface area contributed by atoms with E-state index in [-0.39, 0.29) is 6.54 Å². The van der Waals surface area contributed by atoms with Gasteiger partial charge in [0.2, 0.25) is 0 Å². The summed E-state index contributed by atoms with van der Waals surface area (Å²) in [5, 5.41) is 4.15. The number of hydrogen-bond donors (Lipinski definition) is 3. The summed E-state index contributed by atoms with van der Waals surface area (Å²) in [6, 6.07) is 8.80. The molecule has 0 radical (unpaired) electrons. The van der Waals surface area contributed by atoms with Gasteiger partial charge < -0.3 is 14.3 Å². The van der Waals surface area contributed by atoms with E-state index in [1.807, 2.05) is 12.1 Å². The van der Waals surface area contributed by atoms with Gasteiger partial charge in [-0.2, -0.15) is 0 Å². The second-order valence-corrected chi connectivity index (χ2v) is 5.81. The molecule has 9 heteroatoms. The lowest BCUT2D eigenvalue weighted by Gasteiger charge is -2.08. The second kappa shape index (κ2) is 7.49. The van der Waals surface area contributed by atoms with E-state index < -0.39 is 17.7 Å². The molecule has 25 heavy (non-hydrogen) atoms. The van der Waals surface area contributed by atoms with Crippen LogP contribution in [0.2, 0.25) is 0 Å². The average Bonchev–Trinajstić information content (AvgIpc) is 3.37. The van der Waals surface area contributed by atoms with Gasteiger partial charge in [-0.1, -0.05) is 0 Å². The fraction of sp³-hybridized carbons (Fsp3) is 0.0625. The molecule has 3 amide bonds. The van der Waals surface area contributed by atoms with Crippen molar-refractivity contribution in [2.45, 2.75) is 6.54 Å². The van der Waals surface area contributed by atoms with Gasteiger partial charge in [0.1, 0.15) is 10.6 Å². The third-order valence-electron chi connectivity index (χ3n) is 3.23. The van der Waals surface area contributed by atoms with Gasteiger partial charge in [-0.15, -0.1) is 11.3 Å². The molecule has 0 aliphatic carbocycles. The number of nitrogens with zero attached hydrogens (tertiary/aromatic N) is 1. The molecule has 0 saturated carbocycles. The van der Waals surface area contributed by atoms with Crippen LogP contribution in [0.1, 0.15) is 15.4 Å². The minimum Gasteiger partial charge on any atom is -0.467 e. The molecular formula is C16H14N4O4S. The molecule has 0 aliphatic heterocycles. The Morgan fingerprint density at radius 3 is 2.56 bits per heavy atom. The maximum absolute atomic E-state index is 12.2. The fourth-order valence-electron chi connectivity index (χ4n) is 2.06. The van der Waals surface area contributed by atoms with Crippen molar-refractivity contribution in [1.29, 1.82) is 0 Å². The van der Waals surface area contributed by atoms with Crippen LogP contribution in [0.5, 0.6) is 0 Å². The summed E-state index contributed by atoms with van der Waals surface area (Å²) in [5.74, 6) is -1.85. The van der Waals surface area contributed by atoms with E-state index in [1.165, 1.54) is 17.6 Å². The number of carbonyl (C=O) groups excluding carboxylic acids is 3. The van der Waals surface area contributed by atoms with Gasteiger partial charge in [-0.3, -0.25) is 25.2 Å². The molecule has 3 aromatic heterocycles. The number of thiophene rings is 1. The minimum atomic E-state index is -0.973. The van der Waals surface area contributed by atoms with Crippen LogP contribution in [0, 0.1) is 0 Å². The summed E-state index contributed by atoms with van der Waals surface area (Å²) < 4.78 is 6.82.